The first kappa shape index (κ1) is 9.58. The highest BCUT2D eigenvalue weighted by atomic mass is 19.1. The Morgan fingerprint density at radius 3 is 2.85 bits per heavy atom. The summed E-state index contributed by atoms with van der Waals surface area (Å²) in [4.78, 5) is 3.59. The molecule has 1 atom stereocenters. The zero-order chi connectivity index (χ0) is 9.84. The molecular formula is C8H9FN4. The smallest absolute Gasteiger partial charge is 0.176 e. The maximum Gasteiger partial charge on any atom is 0.176 e. The van der Waals surface area contributed by atoms with Gasteiger partial charge < -0.3 is 11.5 Å². The van der Waals surface area contributed by atoms with Crippen LogP contribution in [0, 0.1) is 17.1 Å². The van der Waals surface area contributed by atoms with Crippen LogP contribution in [-0.4, -0.2) is 11.5 Å². The largest absolute Gasteiger partial charge is 0.329 e. The predicted molar refractivity (Wildman–Crippen MR) is 44.9 cm³/mol. The second kappa shape index (κ2) is 3.94. The van der Waals surface area contributed by atoms with E-state index in [1.165, 1.54) is 12.3 Å². The zero-order valence-corrected chi connectivity index (χ0v) is 6.87. The first-order valence-corrected chi connectivity index (χ1v) is 3.70. The fourth-order valence-electron chi connectivity index (χ4n) is 0.874. The van der Waals surface area contributed by atoms with E-state index in [9.17, 15) is 4.39 Å². The van der Waals surface area contributed by atoms with Crippen molar-refractivity contribution in [3.05, 3.63) is 29.3 Å². The van der Waals surface area contributed by atoms with Gasteiger partial charge in [0.15, 0.2) is 11.5 Å². The minimum Gasteiger partial charge on any atom is -0.329 e. The molecule has 13 heavy (non-hydrogen) atoms. The Balaban J connectivity index is 3.04. The lowest BCUT2D eigenvalue weighted by Crippen LogP contribution is -2.21. The van der Waals surface area contributed by atoms with Crippen molar-refractivity contribution in [1.29, 1.82) is 5.26 Å². The lowest BCUT2D eigenvalue weighted by molar-refractivity contribution is 0.607. The standard InChI is InChI=1S/C8H9FN4/c9-6-1-5(7(12)2-10)4-13-8(6)3-11/h1,4,7H,2,10,12H2. The SMILES string of the molecule is N#Cc1ncc(C(N)CN)cc1F. The highest BCUT2D eigenvalue weighted by Crippen LogP contribution is 2.11. The third-order valence-electron chi connectivity index (χ3n) is 1.65. The minimum absolute atomic E-state index is 0.215. The van der Waals surface area contributed by atoms with E-state index in [0.717, 1.165) is 0 Å². The van der Waals surface area contributed by atoms with Crippen molar-refractivity contribution in [2.24, 2.45) is 11.5 Å². The summed E-state index contributed by atoms with van der Waals surface area (Å²) in [5.74, 6) is -0.663. The van der Waals surface area contributed by atoms with Crippen LogP contribution < -0.4 is 11.5 Å². The molecule has 0 aromatic carbocycles. The van der Waals surface area contributed by atoms with E-state index in [0.29, 0.717) is 5.56 Å². The van der Waals surface area contributed by atoms with Gasteiger partial charge in [0.05, 0.1) is 0 Å². The van der Waals surface area contributed by atoms with Crippen LogP contribution in [0.4, 0.5) is 4.39 Å². The van der Waals surface area contributed by atoms with Crippen LogP contribution in [0.3, 0.4) is 0 Å². The van der Waals surface area contributed by atoms with E-state index < -0.39 is 11.9 Å². The van der Waals surface area contributed by atoms with Crippen molar-refractivity contribution in [2.45, 2.75) is 6.04 Å². The maximum atomic E-state index is 13.0. The van der Waals surface area contributed by atoms with Crippen molar-refractivity contribution in [3.8, 4) is 6.07 Å². The number of halogens is 1. The first-order chi connectivity index (χ1) is 6.19. The molecule has 68 valence electrons. The molecule has 1 aromatic heterocycles. The van der Waals surface area contributed by atoms with E-state index in [-0.39, 0.29) is 12.2 Å². The molecule has 0 amide bonds. The number of hydrogen-bond acceptors (Lipinski definition) is 4. The van der Waals surface area contributed by atoms with Crippen molar-refractivity contribution in [3.63, 3.8) is 0 Å². The monoisotopic (exact) mass is 180 g/mol. The van der Waals surface area contributed by atoms with Crippen molar-refractivity contribution in [2.75, 3.05) is 6.54 Å². The Morgan fingerprint density at radius 1 is 1.69 bits per heavy atom. The third-order valence-corrected chi connectivity index (χ3v) is 1.65. The van der Waals surface area contributed by atoms with Gasteiger partial charge in [-0.1, -0.05) is 0 Å². The van der Waals surface area contributed by atoms with Crippen LogP contribution in [-0.2, 0) is 0 Å². The number of pyridine rings is 1. The lowest BCUT2D eigenvalue weighted by atomic mass is 10.1. The van der Waals surface area contributed by atoms with Gasteiger partial charge >= 0.3 is 0 Å². The minimum atomic E-state index is -0.663. The fraction of sp³-hybridized carbons (Fsp3) is 0.250. The Bertz CT molecular complexity index is 344. The van der Waals surface area contributed by atoms with Crippen LogP contribution in [0.1, 0.15) is 17.3 Å². The van der Waals surface area contributed by atoms with Crippen molar-refractivity contribution < 1.29 is 4.39 Å². The summed E-state index contributed by atoms with van der Waals surface area (Å²) in [5, 5.41) is 8.40. The molecule has 0 spiro atoms. The molecule has 0 saturated carbocycles. The van der Waals surface area contributed by atoms with Crippen LogP contribution in [0.25, 0.3) is 0 Å². The Hall–Kier alpha value is -1.51. The summed E-state index contributed by atoms with van der Waals surface area (Å²) in [5.41, 5.74) is 11.1. The molecular weight excluding hydrogens is 171 g/mol. The molecule has 1 rings (SSSR count). The Morgan fingerprint density at radius 2 is 2.38 bits per heavy atom. The summed E-state index contributed by atoms with van der Waals surface area (Å²) in [6, 6.07) is 2.37. The molecule has 0 aliphatic rings. The van der Waals surface area contributed by atoms with E-state index in [4.69, 9.17) is 16.7 Å². The zero-order valence-electron chi connectivity index (χ0n) is 6.87. The average Bonchev–Trinajstić information content (AvgIpc) is 2.16. The molecule has 0 aliphatic carbocycles. The number of hydrogen-bond donors (Lipinski definition) is 2. The number of nitrogens with two attached hydrogens (primary N) is 2. The number of rotatable bonds is 2. The highest BCUT2D eigenvalue weighted by Gasteiger charge is 2.08. The van der Waals surface area contributed by atoms with Crippen LogP contribution in [0.5, 0.6) is 0 Å². The quantitative estimate of drug-likeness (QED) is 0.673. The normalized spacial score (nSPS) is 12.2. The topological polar surface area (TPSA) is 88.7 Å². The van der Waals surface area contributed by atoms with Crippen molar-refractivity contribution in [1.82, 2.24) is 4.98 Å². The van der Waals surface area contributed by atoms with Gasteiger partial charge in [-0.3, -0.25) is 0 Å². The maximum absolute atomic E-state index is 13.0. The average molecular weight is 180 g/mol. The van der Waals surface area contributed by atoms with Gasteiger partial charge in [0.1, 0.15) is 6.07 Å². The van der Waals surface area contributed by atoms with E-state index in [1.54, 1.807) is 6.07 Å². The molecule has 0 aliphatic heterocycles. The number of nitriles is 1. The van der Waals surface area contributed by atoms with Gasteiger partial charge in [-0.25, -0.2) is 9.37 Å². The third kappa shape index (κ3) is 1.99. The van der Waals surface area contributed by atoms with E-state index >= 15 is 0 Å². The molecule has 4 N–H and O–H groups in total. The molecule has 4 nitrogen and oxygen atoms in total. The Labute approximate surface area is 75.0 Å². The summed E-state index contributed by atoms with van der Waals surface area (Å²) < 4.78 is 13.0. The summed E-state index contributed by atoms with van der Waals surface area (Å²) in [6.45, 7) is 0.215. The van der Waals surface area contributed by atoms with Gasteiger partial charge in [-0.15, -0.1) is 0 Å². The van der Waals surface area contributed by atoms with E-state index in [2.05, 4.69) is 4.98 Å². The Kier molecular flexibility index (Phi) is 2.90. The van der Waals surface area contributed by atoms with E-state index in [1.807, 2.05) is 0 Å². The molecule has 0 radical (unpaired) electrons. The van der Waals surface area contributed by atoms with Gasteiger partial charge in [-0.05, 0) is 11.6 Å². The summed E-state index contributed by atoms with van der Waals surface area (Å²) in [6.07, 6.45) is 1.36. The second-order valence-corrected chi connectivity index (χ2v) is 2.55. The molecule has 0 fully saturated rings. The molecule has 0 saturated heterocycles. The van der Waals surface area contributed by atoms with Gasteiger partial charge in [-0.2, -0.15) is 5.26 Å². The van der Waals surface area contributed by atoms with Crippen LogP contribution in [0.15, 0.2) is 12.3 Å². The number of nitrogens with zero attached hydrogens (tertiary/aromatic N) is 2. The van der Waals surface area contributed by atoms with Gasteiger partial charge in [0.2, 0.25) is 0 Å². The molecule has 5 heteroatoms. The molecule has 1 aromatic rings. The van der Waals surface area contributed by atoms with Crippen LogP contribution >= 0.6 is 0 Å². The molecule has 1 heterocycles. The first-order valence-electron chi connectivity index (χ1n) is 3.70. The molecule has 0 bridgehead atoms. The van der Waals surface area contributed by atoms with Crippen molar-refractivity contribution >= 4 is 0 Å². The summed E-state index contributed by atoms with van der Waals surface area (Å²) in [7, 11) is 0. The van der Waals surface area contributed by atoms with Gasteiger partial charge in [0, 0.05) is 18.8 Å². The second-order valence-electron chi connectivity index (χ2n) is 2.55. The lowest BCUT2D eigenvalue weighted by Gasteiger charge is -2.07. The van der Waals surface area contributed by atoms with Gasteiger partial charge in [0.25, 0.3) is 0 Å². The molecule has 1 unspecified atom stereocenters. The van der Waals surface area contributed by atoms with Crippen LogP contribution in [0.2, 0.25) is 0 Å². The summed E-state index contributed by atoms with van der Waals surface area (Å²) >= 11 is 0. The number of aromatic nitrogens is 1. The highest BCUT2D eigenvalue weighted by molar-refractivity contribution is 5.26. The fourth-order valence-corrected chi connectivity index (χ4v) is 0.874. The predicted octanol–water partition coefficient (Wildman–Crippen LogP) is 0.0509.